The molecule has 0 bridgehead atoms. The lowest BCUT2D eigenvalue weighted by molar-refractivity contribution is -0.137. The fourth-order valence-electron chi connectivity index (χ4n) is 4.19. The van der Waals surface area contributed by atoms with Gasteiger partial charge >= 0.3 is 6.18 Å². The number of aryl methyl sites for hydroxylation is 1. The van der Waals surface area contributed by atoms with Gasteiger partial charge in [-0.3, -0.25) is 9.59 Å². The quantitative estimate of drug-likeness (QED) is 0.745. The molecule has 3 aliphatic rings. The second-order valence-corrected chi connectivity index (χ2v) is 8.70. The van der Waals surface area contributed by atoms with Crippen LogP contribution in [-0.4, -0.2) is 39.9 Å². The van der Waals surface area contributed by atoms with Gasteiger partial charge in [-0.1, -0.05) is 0 Å². The van der Waals surface area contributed by atoms with Gasteiger partial charge in [0.25, 0.3) is 5.91 Å². The maximum atomic E-state index is 13.2. The molecule has 0 spiro atoms. The summed E-state index contributed by atoms with van der Waals surface area (Å²) in [5.74, 6) is 0.339. The molecule has 2 saturated heterocycles. The molecule has 4 rings (SSSR count). The summed E-state index contributed by atoms with van der Waals surface area (Å²) in [4.78, 5) is 28.4. The Morgan fingerprint density at radius 3 is 2.81 bits per heavy atom. The molecule has 8 heteroatoms. The summed E-state index contributed by atoms with van der Waals surface area (Å²) in [6.07, 6.45) is -2.09. The van der Waals surface area contributed by atoms with Gasteiger partial charge in [-0.25, -0.2) is 0 Å². The largest absolute Gasteiger partial charge is 0.416 e. The minimum absolute atomic E-state index is 0.0134. The number of nitrogens with zero attached hydrogens (tertiary/aromatic N) is 2. The van der Waals surface area contributed by atoms with E-state index in [0.29, 0.717) is 42.8 Å². The van der Waals surface area contributed by atoms with E-state index < -0.39 is 17.8 Å². The molecule has 0 saturated carbocycles. The van der Waals surface area contributed by atoms with Gasteiger partial charge in [-0.05, 0) is 49.9 Å². The summed E-state index contributed by atoms with van der Waals surface area (Å²) in [7, 11) is 0. The summed E-state index contributed by atoms with van der Waals surface area (Å²) >= 11 is 1.62. The van der Waals surface area contributed by atoms with Crippen LogP contribution in [0.2, 0.25) is 0 Å². The zero-order chi connectivity index (χ0) is 18.7. The van der Waals surface area contributed by atoms with E-state index in [1.54, 1.807) is 21.6 Å². The van der Waals surface area contributed by atoms with Crippen molar-refractivity contribution in [3.05, 3.63) is 29.3 Å². The Morgan fingerprint density at radius 2 is 2.08 bits per heavy atom. The number of carbonyl (C=O) groups is 2. The molecule has 2 amide bonds. The highest BCUT2D eigenvalue weighted by Gasteiger charge is 2.53. The number of halogens is 3. The standard InChI is InChI=1S/C18H19F3N2O2S/c1-17-7-6-15(24)23(17)14(10-26-17)16(25)22-8-2-3-11-9-12(18(19,20)21)4-5-13(11)22/h4-5,9,14H,2-3,6-8,10H2,1H3/t14-,17+/m1/s1. The third-order valence-electron chi connectivity index (χ3n) is 5.52. The van der Waals surface area contributed by atoms with Crippen LogP contribution >= 0.6 is 11.8 Å². The number of thioether (sulfide) groups is 1. The Labute approximate surface area is 153 Å². The molecule has 1 aromatic rings. The third kappa shape index (κ3) is 2.69. The average molecular weight is 384 g/mol. The molecule has 0 unspecified atom stereocenters. The first-order chi connectivity index (χ1) is 12.2. The highest BCUT2D eigenvalue weighted by molar-refractivity contribution is 8.01. The molecule has 4 nitrogen and oxygen atoms in total. The lowest BCUT2D eigenvalue weighted by Crippen LogP contribution is -2.52. The van der Waals surface area contributed by atoms with Gasteiger partial charge in [0.05, 0.1) is 10.4 Å². The number of benzene rings is 1. The van der Waals surface area contributed by atoms with Crippen LogP contribution in [0.4, 0.5) is 18.9 Å². The van der Waals surface area contributed by atoms with Crippen molar-refractivity contribution >= 4 is 29.3 Å². The van der Waals surface area contributed by atoms with Crippen molar-refractivity contribution in [3.63, 3.8) is 0 Å². The Morgan fingerprint density at radius 1 is 1.31 bits per heavy atom. The predicted octanol–water partition coefficient (Wildman–Crippen LogP) is 3.44. The molecule has 2 fully saturated rings. The van der Waals surface area contributed by atoms with Crippen molar-refractivity contribution in [2.45, 2.75) is 49.7 Å². The van der Waals surface area contributed by atoms with Gasteiger partial charge in [0.1, 0.15) is 6.04 Å². The van der Waals surface area contributed by atoms with Gasteiger partial charge in [0.15, 0.2) is 0 Å². The van der Waals surface area contributed by atoms with Crippen LogP contribution in [0.3, 0.4) is 0 Å². The first kappa shape index (κ1) is 17.7. The van der Waals surface area contributed by atoms with E-state index in [-0.39, 0.29) is 16.7 Å². The van der Waals surface area contributed by atoms with Crippen molar-refractivity contribution in [2.75, 3.05) is 17.2 Å². The van der Waals surface area contributed by atoms with E-state index in [1.165, 1.54) is 6.07 Å². The Bertz CT molecular complexity index is 782. The monoisotopic (exact) mass is 384 g/mol. The number of amides is 2. The van der Waals surface area contributed by atoms with E-state index in [2.05, 4.69) is 0 Å². The highest BCUT2D eigenvalue weighted by atomic mass is 32.2. The van der Waals surface area contributed by atoms with Crippen LogP contribution in [0.5, 0.6) is 0 Å². The number of hydrogen-bond donors (Lipinski definition) is 0. The summed E-state index contributed by atoms with van der Waals surface area (Å²) in [5.41, 5.74) is 0.393. The number of fused-ring (bicyclic) bond motifs is 2. The number of alkyl halides is 3. The van der Waals surface area contributed by atoms with Crippen LogP contribution < -0.4 is 4.90 Å². The smallest absolute Gasteiger partial charge is 0.315 e. The van der Waals surface area contributed by atoms with Gasteiger partial charge in [0, 0.05) is 24.4 Å². The van der Waals surface area contributed by atoms with Crippen LogP contribution in [0, 0.1) is 0 Å². The van der Waals surface area contributed by atoms with E-state index in [9.17, 15) is 22.8 Å². The zero-order valence-electron chi connectivity index (χ0n) is 14.3. The van der Waals surface area contributed by atoms with E-state index in [0.717, 1.165) is 18.6 Å². The topological polar surface area (TPSA) is 40.6 Å². The zero-order valence-corrected chi connectivity index (χ0v) is 15.1. The minimum Gasteiger partial charge on any atom is -0.315 e. The van der Waals surface area contributed by atoms with Crippen molar-refractivity contribution in [1.82, 2.24) is 4.90 Å². The summed E-state index contributed by atoms with van der Waals surface area (Å²) in [6.45, 7) is 2.45. The minimum atomic E-state index is -4.40. The molecule has 2 atom stereocenters. The molecular weight excluding hydrogens is 365 g/mol. The van der Waals surface area contributed by atoms with E-state index in [1.807, 2.05) is 6.92 Å². The Balaban J connectivity index is 1.64. The molecule has 140 valence electrons. The molecule has 0 radical (unpaired) electrons. The predicted molar refractivity (Wildman–Crippen MR) is 92.8 cm³/mol. The van der Waals surface area contributed by atoms with Crippen LogP contribution in [0.1, 0.15) is 37.3 Å². The lowest BCUT2D eigenvalue weighted by Gasteiger charge is -2.35. The van der Waals surface area contributed by atoms with Gasteiger partial charge in [0.2, 0.25) is 5.91 Å². The van der Waals surface area contributed by atoms with Crippen molar-refractivity contribution in [2.24, 2.45) is 0 Å². The number of rotatable bonds is 1. The Hall–Kier alpha value is -1.70. The SMILES string of the molecule is C[C@]12CCC(=O)N1[C@@H](C(=O)N1CCCc3cc(C(F)(F)F)ccc31)CS2. The maximum absolute atomic E-state index is 13.2. The summed E-state index contributed by atoms with van der Waals surface area (Å²) in [5, 5.41) is 0. The fraction of sp³-hybridized carbons (Fsp3) is 0.556. The number of carbonyl (C=O) groups excluding carboxylic acids is 2. The second kappa shape index (κ2) is 5.90. The first-order valence-corrected chi connectivity index (χ1v) is 9.67. The van der Waals surface area contributed by atoms with Gasteiger partial charge in [-0.15, -0.1) is 11.8 Å². The van der Waals surface area contributed by atoms with Crippen LogP contribution in [0.25, 0.3) is 0 Å². The Kier molecular flexibility index (Phi) is 4.02. The molecule has 26 heavy (non-hydrogen) atoms. The second-order valence-electron chi connectivity index (χ2n) is 7.20. The molecule has 0 aromatic heterocycles. The maximum Gasteiger partial charge on any atom is 0.416 e. The van der Waals surface area contributed by atoms with Crippen LogP contribution in [-0.2, 0) is 22.2 Å². The molecular formula is C18H19F3N2O2S. The molecule has 3 heterocycles. The number of hydrogen-bond acceptors (Lipinski definition) is 3. The van der Waals surface area contributed by atoms with Crippen molar-refractivity contribution in [3.8, 4) is 0 Å². The first-order valence-electron chi connectivity index (χ1n) is 8.68. The average Bonchev–Trinajstić information content (AvgIpc) is 3.09. The van der Waals surface area contributed by atoms with Gasteiger partial charge in [-0.2, -0.15) is 13.2 Å². The van der Waals surface area contributed by atoms with E-state index >= 15 is 0 Å². The van der Waals surface area contributed by atoms with E-state index in [4.69, 9.17) is 0 Å². The lowest BCUT2D eigenvalue weighted by atomic mass is 9.98. The summed E-state index contributed by atoms with van der Waals surface area (Å²) < 4.78 is 38.9. The van der Waals surface area contributed by atoms with Crippen molar-refractivity contribution in [1.29, 1.82) is 0 Å². The van der Waals surface area contributed by atoms with Gasteiger partial charge < -0.3 is 9.80 Å². The summed E-state index contributed by atoms with van der Waals surface area (Å²) in [6, 6.07) is 3.03. The molecule has 0 aliphatic carbocycles. The fourth-order valence-corrected chi connectivity index (χ4v) is 5.61. The molecule has 3 aliphatic heterocycles. The highest BCUT2D eigenvalue weighted by Crippen LogP contribution is 2.48. The molecule has 0 N–H and O–H groups in total. The van der Waals surface area contributed by atoms with Crippen molar-refractivity contribution < 1.29 is 22.8 Å². The molecule has 1 aromatic carbocycles. The third-order valence-corrected chi connectivity index (χ3v) is 7.03. The normalized spacial score (nSPS) is 28.3. The van der Waals surface area contributed by atoms with Crippen LogP contribution in [0.15, 0.2) is 18.2 Å². The number of anilines is 1.